The lowest BCUT2D eigenvalue weighted by Gasteiger charge is -2.32. The van der Waals surface area contributed by atoms with Gasteiger partial charge in [-0.05, 0) is 49.0 Å². The van der Waals surface area contributed by atoms with Crippen molar-refractivity contribution in [1.29, 1.82) is 0 Å². The van der Waals surface area contributed by atoms with Gasteiger partial charge in [-0.15, -0.1) is 0 Å². The van der Waals surface area contributed by atoms with Gasteiger partial charge in [-0.25, -0.2) is 4.79 Å². The molecular weight excluding hydrogens is 494 g/mol. The molecular formula is C30H31N5O4. The van der Waals surface area contributed by atoms with Crippen molar-refractivity contribution in [3.05, 3.63) is 89.5 Å². The van der Waals surface area contributed by atoms with Crippen molar-refractivity contribution in [2.24, 2.45) is 0 Å². The monoisotopic (exact) mass is 525 g/mol. The molecule has 9 heteroatoms. The molecule has 0 aromatic heterocycles. The van der Waals surface area contributed by atoms with E-state index in [-0.39, 0.29) is 17.4 Å². The van der Waals surface area contributed by atoms with E-state index in [2.05, 4.69) is 27.5 Å². The van der Waals surface area contributed by atoms with Crippen LogP contribution in [0.5, 0.6) is 0 Å². The van der Waals surface area contributed by atoms with E-state index >= 15 is 0 Å². The number of benzene rings is 3. The molecule has 5 rings (SSSR count). The van der Waals surface area contributed by atoms with Crippen molar-refractivity contribution < 1.29 is 19.5 Å². The van der Waals surface area contributed by atoms with Crippen LogP contribution >= 0.6 is 0 Å². The van der Waals surface area contributed by atoms with E-state index in [1.54, 1.807) is 18.0 Å². The fourth-order valence-electron chi connectivity index (χ4n) is 4.80. The van der Waals surface area contributed by atoms with Crippen LogP contribution in [0.25, 0.3) is 11.3 Å². The first-order valence-corrected chi connectivity index (χ1v) is 12.8. The summed E-state index contributed by atoms with van der Waals surface area (Å²) >= 11 is 0. The molecule has 0 saturated carbocycles. The van der Waals surface area contributed by atoms with E-state index in [9.17, 15) is 19.5 Å². The SMILES string of the molecule is CN1CCN(CC(=O)N(C)c2ccc(NC(=C3C(=O)Nc4cc(C(=O)O)ccc43)c3ccccc3)cc2)CC1. The Morgan fingerprint density at radius 3 is 2.31 bits per heavy atom. The summed E-state index contributed by atoms with van der Waals surface area (Å²) in [7, 11) is 3.87. The van der Waals surface area contributed by atoms with Crippen LogP contribution in [0.4, 0.5) is 17.1 Å². The number of carbonyl (C=O) groups is 3. The fraction of sp³-hybridized carbons (Fsp3) is 0.233. The molecule has 0 spiro atoms. The summed E-state index contributed by atoms with van der Waals surface area (Å²) in [6.07, 6.45) is 0. The average Bonchev–Trinajstić information content (AvgIpc) is 3.28. The van der Waals surface area contributed by atoms with Crippen LogP contribution in [0.2, 0.25) is 0 Å². The van der Waals surface area contributed by atoms with Crippen molar-refractivity contribution in [2.45, 2.75) is 0 Å². The van der Waals surface area contributed by atoms with E-state index in [0.29, 0.717) is 29.1 Å². The van der Waals surface area contributed by atoms with Gasteiger partial charge in [0, 0.05) is 50.2 Å². The predicted octanol–water partition coefficient (Wildman–Crippen LogP) is 3.53. The minimum Gasteiger partial charge on any atom is -0.478 e. The zero-order chi connectivity index (χ0) is 27.5. The Labute approximate surface area is 227 Å². The Morgan fingerprint density at radius 1 is 0.949 bits per heavy atom. The summed E-state index contributed by atoms with van der Waals surface area (Å²) in [6.45, 7) is 4.06. The minimum atomic E-state index is -1.06. The second-order valence-corrected chi connectivity index (χ2v) is 9.84. The Bertz CT molecular complexity index is 1430. The van der Waals surface area contributed by atoms with Crippen molar-refractivity contribution >= 4 is 46.1 Å². The van der Waals surface area contributed by atoms with Gasteiger partial charge in [0.1, 0.15) is 0 Å². The molecule has 200 valence electrons. The van der Waals surface area contributed by atoms with Crippen LogP contribution in [0, 0.1) is 0 Å². The first-order chi connectivity index (χ1) is 18.8. The van der Waals surface area contributed by atoms with Gasteiger partial charge >= 0.3 is 5.97 Å². The Kier molecular flexibility index (Phi) is 7.44. The second-order valence-electron chi connectivity index (χ2n) is 9.84. The highest BCUT2D eigenvalue weighted by molar-refractivity contribution is 6.37. The van der Waals surface area contributed by atoms with Gasteiger partial charge < -0.3 is 25.5 Å². The zero-order valence-corrected chi connectivity index (χ0v) is 22.0. The fourth-order valence-corrected chi connectivity index (χ4v) is 4.80. The lowest BCUT2D eigenvalue weighted by atomic mass is 9.99. The standard InChI is InChI=1S/C30H31N5O4/c1-33-14-16-35(17-15-33)19-26(36)34(2)23-11-9-22(10-12-23)31-28(20-6-4-3-5-7-20)27-24-13-8-21(30(38)39)18-25(24)32-29(27)37/h3-13,18,31H,14-17,19H2,1-2H3,(H,32,37)(H,38,39). The summed E-state index contributed by atoms with van der Waals surface area (Å²) in [6, 6.07) is 21.6. The number of hydrogen-bond donors (Lipinski definition) is 3. The first-order valence-electron chi connectivity index (χ1n) is 12.8. The molecule has 0 unspecified atom stereocenters. The number of likely N-dealkylation sites (N-methyl/N-ethyl adjacent to an activating group) is 2. The lowest BCUT2D eigenvalue weighted by Crippen LogP contribution is -2.48. The van der Waals surface area contributed by atoms with Crippen molar-refractivity contribution in [2.75, 3.05) is 62.4 Å². The highest BCUT2D eigenvalue weighted by Crippen LogP contribution is 2.38. The number of carboxylic acids is 1. The van der Waals surface area contributed by atoms with Gasteiger partial charge in [0.05, 0.1) is 29.1 Å². The van der Waals surface area contributed by atoms with Gasteiger partial charge in [-0.1, -0.05) is 36.4 Å². The van der Waals surface area contributed by atoms with Crippen LogP contribution in [0.15, 0.2) is 72.8 Å². The van der Waals surface area contributed by atoms with Crippen LogP contribution in [-0.4, -0.2) is 79.5 Å². The normalized spacial score (nSPS) is 16.8. The Balaban J connectivity index is 1.40. The van der Waals surface area contributed by atoms with Crippen molar-refractivity contribution in [3.8, 4) is 0 Å². The second kappa shape index (κ2) is 11.1. The third kappa shape index (κ3) is 5.69. The van der Waals surface area contributed by atoms with Crippen LogP contribution < -0.4 is 15.5 Å². The minimum absolute atomic E-state index is 0.0346. The van der Waals surface area contributed by atoms with E-state index < -0.39 is 5.97 Å². The molecule has 0 bridgehead atoms. The van der Waals surface area contributed by atoms with E-state index in [1.807, 2.05) is 54.6 Å². The van der Waals surface area contributed by atoms with Gasteiger partial charge in [0.15, 0.2) is 0 Å². The lowest BCUT2D eigenvalue weighted by molar-refractivity contribution is -0.119. The summed E-state index contributed by atoms with van der Waals surface area (Å²) in [5.41, 5.74) is 4.54. The quantitative estimate of drug-likeness (QED) is 0.406. The van der Waals surface area contributed by atoms with Gasteiger partial charge in [-0.3, -0.25) is 14.5 Å². The number of anilines is 3. The van der Waals surface area contributed by atoms with Gasteiger partial charge in [-0.2, -0.15) is 0 Å². The van der Waals surface area contributed by atoms with Crippen LogP contribution in [-0.2, 0) is 9.59 Å². The molecule has 39 heavy (non-hydrogen) atoms. The van der Waals surface area contributed by atoms with Crippen LogP contribution in [0.1, 0.15) is 21.5 Å². The molecule has 3 N–H and O–H groups in total. The Hall–Kier alpha value is -4.47. The number of piperazine rings is 1. The largest absolute Gasteiger partial charge is 0.478 e. The topological polar surface area (TPSA) is 105 Å². The number of amides is 2. The number of carboxylic acid groups (broad SMARTS) is 1. The predicted molar refractivity (Wildman–Crippen MR) is 153 cm³/mol. The molecule has 1 fully saturated rings. The summed E-state index contributed by atoms with van der Waals surface area (Å²) in [5, 5.41) is 15.5. The molecule has 3 aromatic carbocycles. The summed E-state index contributed by atoms with van der Waals surface area (Å²) in [4.78, 5) is 43.5. The molecule has 0 atom stereocenters. The number of nitrogens with one attached hydrogen (secondary N) is 2. The molecule has 0 aliphatic carbocycles. The highest BCUT2D eigenvalue weighted by Gasteiger charge is 2.29. The summed E-state index contributed by atoms with van der Waals surface area (Å²) < 4.78 is 0. The Morgan fingerprint density at radius 2 is 1.64 bits per heavy atom. The van der Waals surface area contributed by atoms with Crippen molar-refractivity contribution in [3.63, 3.8) is 0 Å². The number of hydrogen-bond acceptors (Lipinski definition) is 6. The molecule has 1 saturated heterocycles. The van der Waals surface area contributed by atoms with Crippen LogP contribution in [0.3, 0.4) is 0 Å². The molecule has 2 aliphatic rings. The average molecular weight is 526 g/mol. The summed E-state index contributed by atoms with van der Waals surface area (Å²) in [5.74, 6) is -1.34. The molecule has 2 heterocycles. The zero-order valence-electron chi connectivity index (χ0n) is 22.0. The number of aromatic carboxylic acids is 1. The molecule has 9 nitrogen and oxygen atoms in total. The number of carbonyl (C=O) groups excluding carboxylic acids is 2. The number of fused-ring (bicyclic) bond motifs is 1. The molecule has 3 aromatic rings. The maximum absolute atomic E-state index is 13.1. The van der Waals surface area contributed by atoms with Gasteiger partial charge in [0.25, 0.3) is 5.91 Å². The van der Waals surface area contributed by atoms with Gasteiger partial charge in [0.2, 0.25) is 5.91 Å². The van der Waals surface area contributed by atoms with E-state index in [4.69, 9.17) is 0 Å². The highest BCUT2D eigenvalue weighted by atomic mass is 16.4. The van der Waals surface area contributed by atoms with E-state index in [0.717, 1.165) is 43.1 Å². The first kappa shape index (κ1) is 26.1. The third-order valence-corrected chi connectivity index (χ3v) is 7.18. The smallest absolute Gasteiger partial charge is 0.335 e. The molecule has 2 aliphatic heterocycles. The number of rotatable bonds is 7. The maximum Gasteiger partial charge on any atom is 0.335 e. The molecule has 0 radical (unpaired) electrons. The van der Waals surface area contributed by atoms with E-state index in [1.165, 1.54) is 12.1 Å². The maximum atomic E-state index is 13.1. The van der Waals surface area contributed by atoms with Crippen molar-refractivity contribution in [1.82, 2.24) is 9.80 Å². The molecule has 2 amide bonds. The third-order valence-electron chi connectivity index (χ3n) is 7.18. The number of nitrogens with zero attached hydrogens (tertiary/aromatic N) is 3.